The summed E-state index contributed by atoms with van der Waals surface area (Å²) >= 11 is 2.30. The lowest BCUT2D eigenvalue weighted by atomic mass is 10.1. The third-order valence-corrected chi connectivity index (χ3v) is 2.94. The van der Waals surface area contributed by atoms with E-state index in [1.165, 1.54) is 9.13 Å². The third kappa shape index (κ3) is 1.90. The van der Waals surface area contributed by atoms with Gasteiger partial charge in [-0.15, -0.1) is 0 Å². The van der Waals surface area contributed by atoms with E-state index in [2.05, 4.69) is 35.6 Å². The first-order chi connectivity index (χ1) is 5.69. The molecule has 0 aliphatic carbocycles. The minimum Gasteiger partial charge on any atom is -0.496 e. The van der Waals surface area contributed by atoms with Gasteiger partial charge in [0, 0.05) is 15.7 Å². The topological polar surface area (TPSA) is 35.2 Å². The highest BCUT2D eigenvalue weighted by atomic mass is 127. The largest absolute Gasteiger partial charge is 0.496 e. The lowest BCUT2D eigenvalue weighted by Crippen LogP contribution is -2.01. The maximum absolute atomic E-state index is 5.56. The molecule has 1 aromatic rings. The molecule has 1 aromatic carbocycles. The molecule has 66 valence electrons. The van der Waals surface area contributed by atoms with Gasteiger partial charge in [0.1, 0.15) is 5.75 Å². The van der Waals surface area contributed by atoms with Gasteiger partial charge in [0.15, 0.2) is 0 Å². The molecule has 3 heteroatoms. The van der Waals surface area contributed by atoms with Crippen LogP contribution >= 0.6 is 22.6 Å². The first-order valence-corrected chi connectivity index (χ1v) is 4.80. The van der Waals surface area contributed by atoms with Gasteiger partial charge in [-0.25, -0.2) is 0 Å². The monoisotopic (exact) mass is 277 g/mol. The molecule has 2 nitrogen and oxygen atoms in total. The fraction of sp³-hybridized carbons (Fsp3) is 0.333. The fourth-order valence-corrected chi connectivity index (χ4v) is 1.58. The average Bonchev–Trinajstić information content (AvgIpc) is 2.09. The van der Waals surface area contributed by atoms with Crippen LogP contribution in [0.4, 0.5) is 0 Å². The molecule has 0 atom stereocenters. The Kier molecular flexibility index (Phi) is 3.34. The van der Waals surface area contributed by atoms with Crippen molar-refractivity contribution in [3.8, 4) is 5.75 Å². The van der Waals surface area contributed by atoms with Crippen LogP contribution in [0, 0.1) is 10.5 Å². The van der Waals surface area contributed by atoms with E-state index in [-0.39, 0.29) is 0 Å². The summed E-state index contributed by atoms with van der Waals surface area (Å²) in [6.07, 6.45) is 0. The lowest BCUT2D eigenvalue weighted by molar-refractivity contribution is 0.409. The van der Waals surface area contributed by atoms with Gasteiger partial charge in [0.05, 0.1) is 7.11 Å². The van der Waals surface area contributed by atoms with Crippen molar-refractivity contribution in [3.05, 3.63) is 26.8 Å². The molecule has 0 fully saturated rings. The van der Waals surface area contributed by atoms with Crippen LogP contribution in [0.25, 0.3) is 0 Å². The lowest BCUT2D eigenvalue weighted by Gasteiger charge is -2.08. The summed E-state index contributed by atoms with van der Waals surface area (Å²) in [5, 5.41) is 0. The smallest absolute Gasteiger partial charge is 0.123 e. The minimum absolute atomic E-state index is 0.527. The van der Waals surface area contributed by atoms with Crippen LogP contribution in [0.2, 0.25) is 0 Å². The molecule has 0 heterocycles. The number of methoxy groups -OCH3 is 1. The Hall–Kier alpha value is -0.290. The van der Waals surface area contributed by atoms with Crippen LogP contribution in [0.5, 0.6) is 5.75 Å². The predicted octanol–water partition coefficient (Wildman–Crippen LogP) is 2.07. The highest BCUT2D eigenvalue weighted by Crippen LogP contribution is 2.23. The van der Waals surface area contributed by atoms with E-state index in [1.54, 1.807) is 7.11 Å². The van der Waals surface area contributed by atoms with E-state index in [0.717, 1.165) is 11.3 Å². The van der Waals surface area contributed by atoms with Crippen LogP contribution in [-0.2, 0) is 6.54 Å². The molecule has 0 bridgehead atoms. The van der Waals surface area contributed by atoms with Crippen molar-refractivity contribution in [2.45, 2.75) is 13.5 Å². The molecule has 0 aliphatic heterocycles. The van der Waals surface area contributed by atoms with Gasteiger partial charge < -0.3 is 10.5 Å². The zero-order valence-corrected chi connectivity index (χ0v) is 9.38. The third-order valence-electron chi connectivity index (χ3n) is 1.78. The quantitative estimate of drug-likeness (QED) is 0.840. The zero-order chi connectivity index (χ0) is 9.14. The molecule has 0 aliphatic rings. The van der Waals surface area contributed by atoms with Crippen molar-refractivity contribution in [2.24, 2.45) is 5.73 Å². The second-order valence-electron chi connectivity index (χ2n) is 2.62. The number of ether oxygens (including phenoxy) is 1. The first-order valence-electron chi connectivity index (χ1n) is 3.72. The summed E-state index contributed by atoms with van der Waals surface area (Å²) in [6, 6.07) is 4.08. The maximum atomic E-state index is 5.56. The number of halogens is 1. The Morgan fingerprint density at radius 2 is 2.17 bits per heavy atom. The van der Waals surface area contributed by atoms with E-state index in [1.807, 2.05) is 6.07 Å². The van der Waals surface area contributed by atoms with E-state index in [9.17, 15) is 0 Å². The molecule has 12 heavy (non-hydrogen) atoms. The van der Waals surface area contributed by atoms with Gasteiger partial charge in [-0.2, -0.15) is 0 Å². The molecule has 2 N–H and O–H groups in total. The second kappa shape index (κ2) is 4.09. The van der Waals surface area contributed by atoms with Crippen molar-refractivity contribution >= 4 is 22.6 Å². The van der Waals surface area contributed by atoms with Crippen LogP contribution in [0.3, 0.4) is 0 Å². The van der Waals surface area contributed by atoms with Crippen LogP contribution in [-0.4, -0.2) is 7.11 Å². The highest BCUT2D eigenvalue weighted by Gasteiger charge is 2.03. The van der Waals surface area contributed by atoms with E-state index >= 15 is 0 Å². The van der Waals surface area contributed by atoms with Gasteiger partial charge in [-0.05, 0) is 47.2 Å². The predicted molar refractivity (Wildman–Crippen MR) is 58.3 cm³/mol. The molecular formula is C9H12INO. The number of hydrogen-bond donors (Lipinski definition) is 1. The number of benzene rings is 1. The summed E-state index contributed by atoms with van der Waals surface area (Å²) < 4.78 is 6.42. The first kappa shape index (κ1) is 9.80. The van der Waals surface area contributed by atoms with Crippen molar-refractivity contribution in [1.82, 2.24) is 0 Å². The fourth-order valence-electron chi connectivity index (χ4n) is 1.05. The Labute approximate surface area is 86.2 Å². The Morgan fingerprint density at radius 1 is 1.50 bits per heavy atom. The van der Waals surface area contributed by atoms with Crippen molar-refractivity contribution < 1.29 is 4.74 Å². The molecule has 0 saturated heterocycles. The van der Waals surface area contributed by atoms with Gasteiger partial charge in [0.2, 0.25) is 0 Å². The van der Waals surface area contributed by atoms with Crippen LogP contribution < -0.4 is 10.5 Å². The standard InChI is InChI=1S/C9H12INO/c1-6-3-9(12-2)7(5-11)4-8(6)10/h3-4H,5,11H2,1-2H3. The average molecular weight is 277 g/mol. The minimum atomic E-state index is 0.527. The van der Waals surface area contributed by atoms with E-state index in [4.69, 9.17) is 10.5 Å². The Bertz CT molecular complexity index is 257. The SMILES string of the molecule is COc1cc(C)c(I)cc1CN. The normalized spacial score (nSPS) is 10.0. The summed E-state index contributed by atoms with van der Waals surface area (Å²) in [5.41, 5.74) is 7.85. The molecule has 0 unspecified atom stereocenters. The molecule has 0 radical (unpaired) electrons. The molecule has 0 saturated carbocycles. The maximum Gasteiger partial charge on any atom is 0.123 e. The molecular weight excluding hydrogens is 265 g/mol. The zero-order valence-electron chi connectivity index (χ0n) is 7.23. The Balaban J connectivity index is 3.19. The second-order valence-corrected chi connectivity index (χ2v) is 3.78. The number of rotatable bonds is 2. The highest BCUT2D eigenvalue weighted by molar-refractivity contribution is 14.1. The molecule has 1 rings (SSSR count). The van der Waals surface area contributed by atoms with Gasteiger partial charge >= 0.3 is 0 Å². The molecule has 0 amide bonds. The Morgan fingerprint density at radius 3 is 2.67 bits per heavy atom. The summed E-state index contributed by atoms with van der Waals surface area (Å²) in [4.78, 5) is 0. The molecule has 0 spiro atoms. The number of nitrogens with two attached hydrogens (primary N) is 1. The van der Waals surface area contributed by atoms with Crippen molar-refractivity contribution in [3.63, 3.8) is 0 Å². The van der Waals surface area contributed by atoms with E-state index in [0.29, 0.717) is 6.54 Å². The number of hydrogen-bond acceptors (Lipinski definition) is 2. The summed E-state index contributed by atoms with van der Waals surface area (Å²) in [7, 11) is 1.67. The van der Waals surface area contributed by atoms with Crippen molar-refractivity contribution in [2.75, 3.05) is 7.11 Å². The van der Waals surface area contributed by atoms with Gasteiger partial charge in [0.25, 0.3) is 0 Å². The van der Waals surface area contributed by atoms with Gasteiger partial charge in [-0.3, -0.25) is 0 Å². The molecule has 0 aromatic heterocycles. The summed E-state index contributed by atoms with van der Waals surface area (Å²) in [5.74, 6) is 0.885. The van der Waals surface area contributed by atoms with Crippen LogP contribution in [0.15, 0.2) is 12.1 Å². The van der Waals surface area contributed by atoms with Crippen LogP contribution in [0.1, 0.15) is 11.1 Å². The summed E-state index contributed by atoms with van der Waals surface area (Å²) in [6.45, 7) is 2.59. The van der Waals surface area contributed by atoms with E-state index < -0.39 is 0 Å². The number of aryl methyl sites for hydroxylation is 1. The van der Waals surface area contributed by atoms with Crippen molar-refractivity contribution in [1.29, 1.82) is 0 Å². The van der Waals surface area contributed by atoms with Gasteiger partial charge in [-0.1, -0.05) is 0 Å².